The quantitative estimate of drug-likeness (QED) is 0.385. The van der Waals surface area contributed by atoms with Gasteiger partial charge in [-0.15, -0.1) is 10.2 Å². The Balaban J connectivity index is 1.60. The second-order valence-electron chi connectivity index (χ2n) is 7.73. The third-order valence-electron chi connectivity index (χ3n) is 5.48. The fourth-order valence-corrected chi connectivity index (χ4v) is 4.39. The molecule has 0 bridgehead atoms. The van der Waals surface area contributed by atoms with Gasteiger partial charge in [-0.3, -0.25) is 14.9 Å². The van der Waals surface area contributed by atoms with Crippen molar-refractivity contribution in [3.63, 3.8) is 0 Å². The SMILES string of the molecule is Cn1cnnc1Sc1ccc(C(=O)N(Cc2ccccc2)CC2CCC2)cc1[N+](=O)[O-]. The third-order valence-corrected chi connectivity index (χ3v) is 6.60. The van der Waals surface area contributed by atoms with Crippen LogP contribution in [0.2, 0.25) is 0 Å². The summed E-state index contributed by atoms with van der Waals surface area (Å²) in [6, 6.07) is 14.5. The Hall–Kier alpha value is -3.20. The lowest BCUT2D eigenvalue weighted by Crippen LogP contribution is -2.37. The van der Waals surface area contributed by atoms with Gasteiger partial charge in [0.25, 0.3) is 11.6 Å². The normalized spacial score (nSPS) is 13.6. The monoisotopic (exact) mass is 437 g/mol. The van der Waals surface area contributed by atoms with Crippen molar-refractivity contribution < 1.29 is 9.72 Å². The lowest BCUT2D eigenvalue weighted by molar-refractivity contribution is -0.387. The number of nitro benzene ring substituents is 1. The van der Waals surface area contributed by atoms with Crippen LogP contribution in [-0.2, 0) is 13.6 Å². The van der Waals surface area contributed by atoms with Crippen LogP contribution < -0.4 is 0 Å². The number of hydrogen-bond donors (Lipinski definition) is 0. The van der Waals surface area contributed by atoms with Gasteiger partial charge in [0.1, 0.15) is 6.33 Å². The molecule has 0 radical (unpaired) electrons. The van der Waals surface area contributed by atoms with Gasteiger partial charge in [-0.2, -0.15) is 0 Å². The Labute approximate surface area is 184 Å². The van der Waals surface area contributed by atoms with E-state index < -0.39 is 4.92 Å². The number of nitro groups is 1. The second-order valence-corrected chi connectivity index (χ2v) is 8.74. The van der Waals surface area contributed by atoms with Crippen molar-refractivity contribution in [3.05, 3.63) is 76.1 Å². The fourth-order valence-electron chi connectivity index (χ4n) is 3.54. The molecular formula is C22H23N5O3S. The molecule has 0 spiro atoms. The molecule has 0 aliphatic heterocycles. The maximum absolute atomic E-state index is 13.4. The fraction of sp³-hybridized carbons (Fsp3) is 0.318. The van der Waals surface area contributed by atoms with Gasteiger partial charge in [-0.05, 0) is 48.2 Å². The van der Waals surface area contributed by atoms with Gasteiger partial charge in [-0.25, -0.2) is 0 Å². The summed E-state index contributed by atoms with van der Waals surface area (Å²) in [4.78, 5) is 26.9. The van der Waals surface area contributed by atoms with Crippen LogP contribution in [0.5, 0.6) is 0 Å². The molecule has 0 atom stereocenters. The second kappa shape index (κ2) is 9.30. The third kappa shape index (κ3) is 4.93. The van der Waals surface area contributed by atoms with Crippen LogP contribution in [0, 0.1) is 16.0 Å². The number of carbonyl (C=O) groups excluding carboxylic acids is 1. The van der Waals surface area contributed by atoms with E-state index in [1.807, 2.05) is 35.2 Å². The maximum Gasteiger partial charge on any atom is 0.284 e. The first-order chi connectivity index (χ1) is 15.0. The van der Waals surface area contributed by atoms with Crippen LogP contribution in [0.25, 0.3) is 0 Å². The van der Waals surface area contributed by atoms with E-state index in [1.165, 1.54) is 18.8 Å². The van der Waals surface area contributed by atoms with E-state index in [9.17, 15) is 14.9 Å². The van der Waals surface area contributed by atoms with Crippen LogP contribution in [0.15, 0.2) is 64.9 Å². The number of benzene rings is 2. The predicted octanol–water partition coefficient (Wildman–Crippen LogP) is 4.32. The first kappa shape index (κ1) is 21.0. The topological polar surface area (TPSA) is 94.2 Å². The summed E-state index contributed by atoms with van der Waals surface area (Å²) < 4.78 is 1.69. The molecule has 8 nitrogen and oxygen atoms in total. The zero-order chi connectivity index (χ0) is 21.8. The minimum atomic E-state index is -0.455. The summed E-state index contributed by atoms with van der Waals surface area (Å²) in [7, 11) is 1.77. The van der Waals surface area contributed by atoms with Gasteiger partial charge >= 0.3 is 0 Å². The molecule has 4 rings (SSSR count). The molecule has 160 valence electrons. The number of aryl methyl sites for hydroxylation is 1. The van der Waals surface area contributed by atoms with Gasteiger partial charge in [0.05, 0.1) is 9.82 Å². The molecule has 0 unspecified atom stereocenters. The first-order valence-electron chi connectivity index (χ1n) is 10.1. The average Bonchev–Trinajstić information content (AvgIpc) is 3.14. The molecule has 31 heavy (non-hydrogen) atoms. The molecular weight excluding hydrogens is 414 g/mol. The van der Waals surface area contributed by atoms with Crippen LogP contribution in [0.4, 0.5) is 5.69 Å². The molecule has 1 aliphatic rings. The average molecular weight is 438 g/mol. The van der Waals surface area contributed by atoms with Crippen molar-refractivity contribution in [1.82, 2.24) is 19.7 Å². The van der Waals surface area contributed by atoms with E-state index in [-0.39, 0.29) is 11.6 Å². The molecule has 9 heteroatoms. The zero-order valence-electron chi connectivity index (χ0n) is 17.2. The van der Waals surface area contributed by atoms with Crippen LogP contribution in [-0.4, -0.2) is 37.0 Å². The molecule has 3 aromatic rings. The van der Waals surface area contributed by atoms with Crippen molar-refractivity contribution in [2.45, 2.75) is 35.9 Å². The minimum Gasteiger partial charge on any atom is -0.334 e. The summed E-state index contributed by atoms with van der Waals surface area (Å²) in [5.41, 5.74) is 1.26. The van der Waals surface area contributed by atoms with E-state index >= 15 is 0 Å². The summed E-state index contributed by atoms with van der Waals surface area (Å²) in [5, 5.41) is 20.0. The van der Waals surface area contributed by atoms with Gasteiger partial charge in [-0.1, -0.05) is 36.8 Å². The van der Waals surface area contributed by atoms with E-state index in [0.29, 0.717) is 34.6 Å². The van der Waals surface area contributed by atoms with Crippen molar-refractivity contribution in [2.75, 3.05) is 6.54 Å². The van der Waals surface area contributed by atoms with Crippen molar-refractivity contribution in [2.24, 2.45) is 13.0 Å². The zero-order valence-corrected chi connectivity index (χ0v) is 18.0. The van der Waals surface area contributed by atoms with E-state index in [2.05, 4.69) is 10.2 Å². The number of hydrogen-bond acceptors (Lipinski definition) is 6. The summed E-state index contributed by atoms with van der Waals surface area (Å²) in [5.74, 6) is 0.308. The van der Waals surface area contributed by atoms with Crippen molar-refractivity contribution in [1.29, 1.82) is 0 Å². The molecule has 1 fully saturated rings. The molecule has 0 N–H and O–H groups in total. The molecule has 1 amide bonds. The summed E-state index contributed by atoms with van der Waals surface area (Å²) in [6.07, 6.45) is 4.96. The van der Waals surface area contributed by atoms with Gasteiger partial charge in [0.15, 0.2) is 5.16 Å². The Kier molecular flexibility index (Phi) is 6.31. The number of carbonyl (C=O) groups is 1. The van der Waals surface area contributed by atoms with Gasteiger partial charge < -0.3 is 9.47 Å². The van der Waals surface area contributed by atoms with Crippen LogP contribution in [0.1, 0.15) is 35.2 Å². The van der Waals surface area contributed by atoms with E-state index in [1.54, 1.807) is 23.7 Å². The Bertz CT molecular complexity index is 1080. The lowest BCUT2D eigenvalue weighted by atomic mass is 9.85. The number of aromatic nitrogens is 3. The smallest absolute Gasteiger partial charge is 0.284 e. The number of rotatable bonds is 8. The van der Waals surface area contributed by atoms with Crippen molar-refractivity contribution in [3.8, 4) is 0 Å². The molecule has 2 aromatic carbocycles. The Morgan fingerprint density at radius 3 is 2.65 bits per heavy atom. The highest BCUT2D eigenvalue weighted by Gasteiger charge is 2.26. The molecule has 1 aliphatic carbocycles. The van der Waals surface area contributed by atoms with Crippen LogP contribution in [0.3, 0.4) is 0 Å². The molecule has 1 aromatic heterocycles. The summed E-state index contributed by atoms with van der Waals surface area (Å²) in [6.45, 7) is 1.15. The van der Waals surface area contributed by atoms with E-state index in [0.717, 1.165) is 30.2 Å². The summed E-state index contributed by atoms with van der Waals surface area (Å²) >= 11 is 1.15. The minimum absolute atomic E-state index is 0.109. The highest BCUT2D eigenvalue weighted by molar-refractivity contribution is 7.99. The largest absolute Gasteiger partial charge is 0.334 e. The maximum atomic E-state index is 13.4. The molecule has 0 saturated heterocycles. The van der Waals surface area contributed by atoms with Crippen LogP contribution >= 0.6 is 11.8 Å². The Morgan fingerprint density at radius 1 is 1.26 bits per heavy atom. The van der Waals surface area contributed by atoms with Crippen molar-refractivity contribution >= 4 is 23.4 Å². The van der Waals surface area contributed by atoms with Gasteiger partial charge in [0.2, 0.25) is 0 Å². The first-order valence-corrected chi connectivity index (χ1v) is 11.0. The Morgan fingerprint density at radius 2 is 2.03 bits per heavy atom. The van der Waals surface area contributed by atoms with E-state index in [4.69, 9.17) is 0 Å². The highest BCUT2D eigenvalue weighted by atomic mass is 32.2. The predicted molar refractivity (Wildman–Crippen MR) is 117 cm³/mol. The standard InChI is InChI=1S/C22H23N5O3S/c1-25-15-23-24-22(25)31-20-11-10-18(12-19(20)27(29)30)21(28)26(14-17-8-5-9-17)13-16-6-3-2-4-7-16/h2-4,6-7,10-12,15,17H,5,8-9,13-14H2,1H3. The molecule has 1 heterocycles. The highest BCUT2D eigenvalue weighted by Crippen LogP contribution is 2.35. The lowest BCUT2D eigenvalue weighted by Gasteiger charge is -2.32. The number of nitrogens with zero attached hydrogens (tertiary/aromatic N) is 5. The number of amides is 1. The van der Waals surface area contributed by atoms with Gasteiger partial charge in [0, 0.05) is 31.8 Å². The molecule has 1 saturated carbocycles.